The molecule has 24 heavy (non-hydrogen) atoms. The van der Waals surface area contributed by atoms with E-state index in [0.29, 0.717) is 6.54 Å². The average molecular weight is 329 g/mol. The lowest BCUT2D eigenvalue weighted by Gasteiger charge is -2.32. The predicted molar refractivity (Wildman–Crippen MR) is 93.4 cm³/mol. The van der Waals surface area contributed by atoms with Crippen LogP contribution >= 0.6 is 0 Å². The monoisotopic (exact) mass is 329 g/mol. The van der Waals surface area contributed by atoms with E-state index < -0.39 is 0 Å². The van der Waals surface area contributed by atoms with Crippen LogP contribution in [0.5, 0.6) is 0 Å². The maximum absolute atomic E-state index is 12.4. The number of aryl methyl sites for hydroxylation is 1. The Bertz CT molecular complexity index is 567. The second-order valence-electron chi connectivity index (χ2n) is 6.96. The first-order valence-corrected chi connectivity index (χ1v) is 8.94. The minimum atomic E-state index is -0.103. The molecule has 2 amide bonds. The summed E-state index contributed by atoms with van der Waals surface area (Å²) in [6, 6.07) is 10.3. The molecular weight excluding hydrogens is 302 g/mol. The molecule has 2 atom stereocenters. The van der Waals surface area contributed by atoms with Gasteiger partial charge in [0.25, 0.3) is 0 Å². The van der Waals surface area contributed by atoms with Crippen molar-refractivity contribution in [3.05, 3.63) is 35.9 Å². The highest BCUT2D eigenvalue weighted by atomic mass is 16.2. The van der Waals surface area contributed by atoms with Crippen molar-refractivity contribution in [2.45, 2.75) is 19.3 Å². The molecule has 0 bridgehead atoms. The average Bonchev–Trinajstić information content (AvgIpc) is 3.40. The van der Waals surface area contributed by atoms with Gasteiger partial charge in [-0.15, -0.1) is 0 Å². The fourth-order valence-electron chi connectivity index (χ4n) is 3.30. The highest BCUT2D eigenvalue weighted by molar-refractivity contribution is 5.92. The first-order valence-electron chi connectivity index (χ1n) is 8.94. The maximum Gasteiger partial charge on any atom is 0.226 e. The van der Waals surface area contributed by atoms with Gasteiger partial charge in [-0.1, -0.05) is 30.3 Å². The number of likely N-dealkylation sites (N-methyl/N-ethyl adjacent to an activating group) is 1. The van der Waals surface area contributed by atoms with E-state index in [0.717, 1.165) is 45.4 Å². The molecule has 1 aromatic carbocycles. The van der Waals surface area contributed by atoms with Gasteiger partial charge in [-0.25, -0.2) is 0 Å². The predicted octanol–water partition coefficient (Wildman–Crippen LogP) is 1.15. The zero-order chi connectivity index (χ0) is 16.9. The van der Waals surface area contributed by atoms with Crippen LogP contribution in [0.3, 0.4) is 0 Å². The van der Waals surface area contributed by atoms with E-state index in [1.165, 1.54) is 5.56 Å². The fourth-order valence-corrected chi connectivity index (χ4v) is 3.30. The van der Waals surface area contributed by atoms with Crippen molar-refractivity contribution >= 4 is 11.8 Å². The summed E-state index contributed by atoms with van der Waals surface area (Å²) in [4.78, 5) is 28.8. The van der Waals surface area contributed by atoms with Crippen LogP contribution in [-0.2, 0) is 16.0 Å². The third-order valence-corrected chi connectivity index (χ3v) is 5.04. The van der Waals surface area contributed by atoms with Crippen LogP contribution in [0.25, 0.3) is 0 Å². The Labute approximate surface area is 144 Å². The van der Waals surface area contributed by atoms with Crippen molar-refractivity contribution in [3.8, 4) is 0 Å². The lowest BCUT2D eigenvalue weighted by molar-refractivity contribution is -0.136. The van der Waals surface area contributed by atoms with Crippen molar-refractivity contribution in [1.29, 1.82) is 0 Å². The zero-order valence-electron chi connectivity index (χ0n) is 14.4. The van der Waals surface area contributed by atoms with Crippen LogP contribution in [0.2, 0.25) is 0 Å². The summed E-state index contributed by atoms with van der Waals surface area (Å²) >= 11 is 0. The summed E-state index contributed by atoms with van der Waals surface area (Å²) < 4.78 is 0. The summed E-state index contributed by atoms with van der Waals surface area (Å²) in [6.45, 7) is 4.11. The molecular formula is C19H27N3O2. The first-order chi connectivity index (χ1) is 11.6. The van der Waals surface area contributed by atoms with E-state index in [-0.39, 0.29) is 23.7 Å². The van der Waals surface area contributed by atoms with Gasteiger partial charge in [0.05, 0.1) is 11.8 Å². The van der Waals surface area contributed by atoms with Crippen LogP contribution in [0.1, 0.15) is 18.4 Å². The molecule has 5 heteroatoms. The van der Waals surface area contributed by atoms with Crippen molar-refractivity contribution < 1.29 is 9.59 Å². The van der Waals surface area contributed by atoms with Gasteiger partial charge in [0.15, 0.2) is 0 Å². The first kappa shape index (κ1) is 17.0. The normalized spacial score (nSPS) is 23.8. The summed E-state index contributed by atoms with van der Waals surface area (Å²) in [7, 11) is 2.07. The fraction of sp³-hybridized carbons (Fsp3) is 0.579. The molecule has 1 heterocycles. The van der Waals surface area contributed by atoms with Gasteiger partial charge in [0.1, 0.15) is 0 Å². The topological polar surface area (TPSA) is 52.7 Å². The second kappa shape index (κ2) is 7.79. The quantitative estimate of drug-likeness (QED) is 0.797. The second-order valence-corrected chi connectivity index (χ2v) is 6.96. The van der Waals surface area contributed by atoms with Crippen LogP contribution in [0.4, 0.5) is 0 Å². The van der Waals surface area contributed by atoms with Gasteiger partial charge in [0, 0.05) is 32.7 Å². The number of nitrogens with zero attached hydrogens (tertiary/aromatic N) is 2. The van der Waals surface area contributed by atoms with E-state index >= 15 is 0 Å². The number of hydrogen-bond donors (Lipinski definition) is 1. The van der Waals surface area contributed by atoms with E-state index in [4.69, 9.17) is 0 Å². The number of hydrogen-bond acceptors (Lipinski definition) is 3. The lowest BCUT2D eigenvalue weighted by Crippen LogP contribution is -2.48. The maximum atomic E-state index is 12.4. The van der Waals surface area contributed by atoms with E-state index in [9.17, 15) is 9.59 Å². The molecule has 1 N–H and O–H groups in total. The van der Waals surface area contributed by atoms with Gasteiger partial charge >= 0.3 is 0 Å². The molecule has 1 saturated heterocycles. The number of carbonyl (C=O) groups excluding carboxylic acids is 2. The molecule has 1 aromatic rings. The van der Waals surface area contributed by atoms with Gasteiger partial charge in [-0.3, -0.25) is 9.59 Å². The Morgan fingerprint density at radius 3 is 2.50 bits per heavy atom. The van der Waals surface area contributed by atoms with E-state index in [1.807, 2.05) is 23.1 Å². The molecule has 0 radical (unpaired) electrons. The Kier molecular flexibility index (Phi) is 5.51. The lowest BCUT2D eigenvalue weighted by atomic mass is 10.1. The smallest absolute Gasteiger partial charge is 0.226 e. The summed E-state index contributed by atoms with van der Waals surface area (Å²) in [5.74, 6) is 0.0412. The third kappa shape index (κ3) is 4.35. The molecule has 2 aliphatic rings. The van der Waals surface area contributed by atoms with Crippen LogP contribution in [0, 0.1) is 11.8 Å². The Morgan fingerprint density at radius 2 is 1.79 bits per heavy atom. The molecule has 0 spiro atoms. The number of piperazine rings is 1. The van der Waals surface area contributed by atoms with Crippen molar-refractivity contribution in [2.24, 2.45) is 11.8 Å². The van der Waals surface area contributed by atoms with Crippen LogP contribution in [-0.4, -0.2) is 61.4 Å². The molecule has 3 rings (SSSR count). The van der Waals surface area contributed by atoms with E-state index in [2.05, 4.69) is 29.4 Å². The largest absolute Gasteiger partial charge is 0.356 e. The van der Waals surface area contributed by atoms with Crippen LogP contribution < -0.4 is 5.32 Å². The van der Waals surface area contributed by atoms with Gasteiger partial charge in [-0.2, -0.15) is 0 Å². The van der Waals surface area contributed by atoms with Gasteiger partial charge in [-0.05, 0) is 31.9 Å². The summed E-state index contributed by atoms with van der Waals surface area (Å²) in [5.41, 5.74) is 1.29. The number of benzene rings is 1. The molecule has 1 saturated carbocycles. The molecule has 130 valence electrons. The van der Waals surface area contributed by atoms with Crippen molar-refractivity contribution in [2.75, 3.05) is 39.8 Å². The molecule has 1 aliphatic heterocycles. The molecule has 2 fully saturated rings. The standard InChI is InChI=1S/C19H27N3O2/c1-21-10-12-22(13-11-21)19(24)17-14-16(17)18(23)20-9-5-8-15-6-3-2-4-7-15/h2-4,6-7,16-17H,5,8-14H2,1H3,(H,20,23). The number of carbonyl (C=O) groups is 2. The third-order valence-electron chi connectivity index (χ3n) is 5.04. The highest BCUT2D eigenvalue weighted by Gasteiger charge is 2.49. The zero-order valence-corrected chi connectivity index (χ0v) is 14.4. The minimum absolute atomic E-state index is 0.0514. The van der Waals surface area contributed by atoms with Crippen LogP contribution in [0.15, 0.2) is 30.3 Å². The number of nitrogens with one attached hydrogen (secondary N) is 1. The number of amides is 2. The van der Waals surface area contributed by atoms with Gasteiger partial charge in [0.2, 0.25) is 11.8 Å². The molecule has 5 nitrogen and oxygen atoms in total. The molecule has 2 unspecified atom stereocenters. The molecule has 0 aromatic heterocycles. The Balaban J connectivity index is 1.34. The SMILES string of the molecule is CN1CCN(C(=O)C2CC2C(=O)NCCCc2ccccc2)CC1. The van der Waals surface area contributed by atoms with Gasteiger partial charge < -0.3 is 15.1 Å². The van der Waals surface area contributed by atoms with Crippen molar-refractivity contribution in [1.82, 2.24) is 15.1 Å². The Hall–Kier alpha value is -1.88. The minimum Gasteiger partial charge on any atom is -0.356 e. The highest BCUT2D eigenvalue weighted by Crippen LogP contribution is 2.40. The van der Waals surface area contributed by atoms with E-state index in [1.54, 1.807) is 0 Å². The summed E-state index contributed by atoms with van der Waals surface area (Å²) in [5, 5.41) is 2.99. The summed E-state index contributed by atoms with van der Waals surface area (Å²) in [6.07, 6.45) is 2.62. The Morgan fingerprint density at radius 1 is 1.08 bits per heavy atom. The number of rotatable bonds is 6. The molecule has 1 aliphatic carbocycles. The van der Waals surface area contributed by atoms with Crippen molar-refractivity contribution in [3.63, 3.8) is 0 Å².